The minimum Gasteiger partial charge on any atom is -0.337 e. The number of nitrogens with zero attached hydrogens (tertiary/aromatic N) is 2. The second-order valence-electron chi connectivity index (χ2n) is 7.22. The van der Waals surface area contributed by atoms with E-state index in [-0.39, 0.29) is 11.4 Å². The van der Waals surface area contributed by atoms with Crippen molar-refractivity contribution < 1.29 is 22.4 Å². The number of anilines is 1. The van der Waals surface area contributed by atoms with Crippen molar-refractivity contribution in [3.05, 3.63) is 89.5 Å². The van der Waals surface area contributed by atoms with Gasteiger partial charge in [-0.15, -0.1) is 0 Å². The molecule has 0 radical (unpaired) electrons. The number of fused-ring (bicyclic) bond motifs is 1. The SMILES string of the molecule is CC(=O)On1c(C)c(Cc2cccnc2S(=O)(=O)Nc2ccccc2)c2cc(F)ccc21. The number of carbonyl (C=O) groups is 1. The molecular formula is C23H20FN3O4S. The van der Waals surface area contributed by atoms with Gasteiger partial charge in [0.15, 0.2) is 5.03 Å². The van der Waals surface area contributed by atoms with Crippen LogP contribution in [-0.4, -0.2) is 24.1 Å². The van der Waals surface area contributed by atoms with Crippen LogP contribution in [0.2, 0.25) is 0 Å². The fourth-order valence-electron chi connectivity index (χ4n) is 3.60. The number of aromatic nitrogens is 2. The van der Waals surface area contributed by atoms with Gasteiger partial charge in [-0.05, 0) is 54.4 Å². The molecular weight excluding hydrogens is 433 g/mol. The molecule has 7 nitrogen and oxygen atoms in total. The van der Waals surface area contributed by atoms with E-state index in [1.54, 1.807) is 49.4 Å². The summed E-state index contributed by atoms with van der Waals surface area (Å²) in [7, 11) is -3.98. The molecule has 1 N–H and O–H groups in total. The number of para-hydroxylation sites is 1. The first-order valence-corrected chi connectivity index (χ1v) is 11.2. The van der Waals surface area contributed by atoms with Crippen LogP contribution >= 0.6 is 0 Å². The van der Waals surface area contributed by atoms with Crippen molar-refractivity contribution in [2.75, 3.05) is 4.72 Å². The summed E-state index contributed by atoms with van der Waals surface area (Å²) in [5, 5.41) is 0.389. The maximum Gasteiger partial charge on any atom is 0.329 e. The molecule has 2 aromatic carbocycles. The summed E-state index contributed by atoms with van der Waals surface area (Å²) < 4.78 is 44.0. The monoisotopic (exact) mass is 453 g/mol. The molecule has 0 unspecified atom stereocenters. The molecule has 0 amide bonds. The predicted molar refractivity (Wildman–Crippen MR) is 118 cm³/mol. The molecule has 0 saturated carbocycles. The molecule has 0 aliphatic heterocycles. The Balaban J connectivity index is 1.80. The highest BCUT2D eigenvalue weighted by Gasteiger charge is 2.23. The van der Waals surface area contributed by atoms with Crippen molar-refractivity contribution in [2.45, 2.75) is 25.3 Å². The summed E-state index contributed by atoms with van der Waals surface area (Å²) in [6.07, 6.45) is 1.54. The number of pyridine rings is 1. The summed E-state index contributed by atoms with van der Waals surface area (Å²) in [5.41, 5.74) is 2.53. The summed E-state index contributed by atoms with van der Waals surface area (Å²) in [6, 6.07) is 15.9. The lowest BCUT2D eigenvalue weighted by molar-refractivity contribution is -0.141. The van der Waals surface area contributed by atoms with Crippen LogP contribution in [0.3, 0.4) is 0 Å². The van der Waals surface area contributed by atoms with Gasteiger partial charge in [0.05, 0.1) is 11.2 Å². The average Bonchev–Trinajstić information content (AvgIpc) is 2.99. The lowest BCUT2D eigenvalue weighted by Crippen LogP contribution is -2.18. The van der Waals surface area contributed by atoms with E-state index in [0.29, 0.717) is 33.4 Å². The van der Waals surface area contributed by atoms with Crippen molar-refractivity contribution in [1.29, 1.82) is 0 Å². The Morgan fingerprint density at radius 1 is 1.12 bits per heavy atom. The molecule has 0 saturated heterocycles. The quantitative estimate of drug-likeness (QED) is 0.479. The lowest BCUT2D eigenvalue weighted by atomic mass is 10.0. The van der Waals surface area contributed by atoms with E-state index in [1.807, 2.05) is 0 Å². The van der Waals surface area contributed by atoms with E-state index >= 15 is 0 Å². The highest BCUT2D eigenvalue weighted by Crippen LogP contribution is 2.30. The van der Waals surface area contributed by atoms with E-state index in [0.717, 1.165) is 0 Å². The third kappa shape index (κ3) is 4.19. The number of hydrogen-bond donors (Lipinski definition) is 1. The van der Waals surface area contributed by atoms with E-state index in [1.165, 1.54) is 36.1 Å². The standard InChI is InChI=1S/C23H20FN3O4S/c1-15-20(21-14-18(24)10-11-22(21)27(15)31-16(2)28)13-17-7-6-12-25-23(17)32(29,30)26-19-8-4-3-5-9-19/h3-12,14,26H,13H2,1-2H3. The number of halogens is 1. The van der Waals surface area contributed by atoms with Crippen LogP contribution in [0.4, 0.5) is 10.1 Å². The minimum atomic E-state index is -3.98. The second-order valence-corrected chi connectivity index (χ2v) is 8.82. The number of benzene rings is 2. The number of carbonyl (C=O) groups excluding carboxylic acids is 1. The smallest absolute Gasteiger partial charge is 0.329 e. The first-order chi connectivity index (χ1) is 15.3. The molecule has 2 heterocycles. The molecule has 32 heavy (non-hydrogen) atoms. The van der Waals surface area contributed by atoms with Crippen molar-refractivity contribution in [3.63, 3.8) is 0 Å². The Bertz CT molecular complexity index is 1420. The predicted octanol–water partition coefficient (Wildman–Crippen LogP) is 3.85. The molecule has 0 aliphatic carbocycles. The number of rotatable bonds is 6. The van der Waals surface area contributed by atoms with Crippen molar-refractivity contribution in [1.82, 2.24) is 9.71 Å². The maximum absolute atomic E-state index is 14.0. The third-order valence-electron chi connectivity index (χ3n) is 4.96. The molecule has 9 heteroatoms. The van der Waals surface area contributed by atoms with E-state index in [4.69, 9.17) is 4.84 Å². The molecule has 164 valence electrons. The molecule has 4 aromatic rings. The molecule has 0 aliphatic rings. The molecule has 2 aromatic heterocycles. The third-order valence-corrected chi connectivity index (χ3v) is 6.34. The fraction of sp³-hybridized carbons (Fsp3) is 0.130. The van der Waals surface area contributed by atoms with E-state index in [9.17, 15) is 17.6 Å². The molecule has 0 atom stereocenters. The first-order valence-electron chi connectivity index (χ1n) is 9.76. The summed E-state index contributed by atoms with van der Waals surface area (Å²) in [5.74, 6) is -0.985. The van der Waals surface area contributed by atoms with Gasteiger partial charge in [-0.3, -0.25) is 4.72 Å². The second kappa shape index (κ2) is 8.43. The van der Waals surface area contributed by atoms with Gasteiger partial charge in [0.1, 0.15) is 5.82 Å². The number of sulfonamides is 1. The van der Waals surface area contributed by atoms with Crippen molar-refractivity contribution >= 4 is 32.6 Å². The lowest BCUT2D eigenvalue weighted by Gasteiger charge is -2.12. The summed E-state index contributed by atoms with van der Waals surface area (Å²) in [6.45, 7) is 3.00. The maximum atomic E-state index is 14.0. The van der Waals surface area contributed by atoms with E-state index in [2.05, 4.69) is 9.71 Å². The van der Waals surface area contributed by atoms with Crippen LogP contribution in [-0.2, 0) is 21.2 Å². The topological polar surface area (TPSA) is 90.3 Å². The summed E-state index contributed by atoms with van der Waals surface area (Å²) in [4.78, 5) is 21.0. The summed E-state index contributed by atoms with van der Waals surface area (Å²) >= 11 is 0. The Hall–Kier alpha value is -3.72. The van der Waals surface area contributed by atoms with Gasteiger partial charge in [-0.1, -0.05) is 24.3 Å². The molecule has 0 spiro atoms. The number of nitrogens with one attached hydrogen (secondary N) is 1. The van der Waals surface area contributed by atoms with Crippen LogP contribution in [0.1, 0.15) is 23.7 Å². The van der Waals surface area contributed by atoms with E-state index < -0.39 is 21.8 Å². The molecule has 0 bridgehead atoms. The Labute approximate surface area is 184 Å². The Morgan fingerprint density at radius 3 is 2.59 bits per heavy atom. The van der Waals surface area contributed by atoms with Gasteiger partial charge >= 0.3 is 5.97 Å². The largest absolute Gasteiger partial charge is 0.337 e. The molecule has 0 fully saturated rings. The van der Waals surface area contributed by atoms with Gasteiger partial charge in [-0.25, -0.2) is 14.2 Å². The van der Waals surface area contributed by atoms with Crippen molar-refractivity contribution in [3.8, 4) is 0 Å². The zero-order chi connectivity index (χ0) is 22.9. The van der Waals surface area contributed by atoms with Gasteiger partial charge < -0.3 is 4.84 Å². The normalized spacial score (nSPS) is 11.5. The van der Waals surface area contributed by atoms with Crippen LogP contribution in [0.25, 0.3) is 10.9 Å². The highest BCUT2D eigenvalue weighted by molar-refractivity contribution is 7.92. The zero-order valence-corrected chi connectivity index (χ0v) is 18.2. The number of hydrogen-bond acceptors (Lipinski definition) is 5. The average molecular weight is 453 g/mol. The Morgan fingerprint density at radius 2 is 1.88 bits per heavy atom. The van der Waals surface area contributed by atoms with Gasteiger partial charge in [0, 0.05) is 30.6 Å². The van der Waals surface area contributed by atoms with Gasteiger partial charge in [0.25, 0.3) is 10.0 Å². The molecule has 4 rings (SSSR count). The fourth-order valence-corrected chi connectivity index (χ4v) is 4.82. The van der Waals surface area contributed by atoms with Crippen LogP contribution in [0, 0.1) is 12.7 Å². The van der Waals surface area contributed by atoms with Crippen LogP contribution < -0.4 is 9.56 Å². The highest BCUT2D eigenvalue weighted by atomic mass is 32.2. The minimum absolute atomic E-state index is 0.131. The van der Waals surface area contributed by atoms with Crippen LogP contribution in [0.5, 0.6) is 0 Å². The van der Waals surface area contributed by atoms with Crippen molar-refractivity contribution in [2.24, 2.45) is 0 Å². The Kier molecular flexibility index (Phi) is 5.67. The zero-order valence-electron chi connectivity index (χ0n) is 17.4. The van der Waals surface area contributed by atoms with Crippen LogP contribution in [0.15, 0.2) is 71.9 Å². The van der Waals surface area contributed by atoms with Gasteiger partial charge in [0.2, 0.25) is 0 Å². The first kappa shape index (κ1) is 21.5. The van der Waals surface area contributed by atoms with Gasteiger partial charge in [-0.2, -0.15) is 13.1 Å².